The third kappa shape index (κ3) is 4.87. The zero-order valence-electron chi connectivity index (χ0n) is 20.8. The molecule has 4 heterocycles. The van der Waals surface area contributed by atoms with Gasteiger partial charge in [0.1, 0.15) is 19.1 Å². The molecule has 5 rings (SSSR count). The highest BCUT2D eigenvalue weighted by atomic mass is 32.1. The molecule has 1 aliphatic heterocycles. The molecule has 1 saturated heterocycles. The van der Waals surface area contributed by atoms with Gasteiger partial charge < -0.3 is 9.64 Å². The van der Waals surface area contributed by atoms with E-state index in [4.69, 9.17) is 4.74 Å². The van der Waals surface area contributed by atoms with E-state index in [1.54, 1.807) is 38.6 Å². The Labute approximate surface area is 220 Å². The van der Waals surface area contributed by atoms with Crippen molar-refractivity contribution in [2.45, 2.75) is 31.5 Å². The molecule has 12 heteroatoms. The second kappa shape index (κ2) is 10.9. The van der Waals surface area contributed by atoms with Crippen molar-refractivity contribution in [3.63, 3.8) is 0 Å². The molecule has 0 aliphatic carbocycles. The molecule has 0 N–H and O–H groups in total. The van der Waals surface area contributed by atoms with Crippen LogP contribution in [0.15, 0.2) is 51.4 Å². The van der Waals surface area contributed by atoms with Crippen molar-refractivity contribution < 1.29 is 18.3 Å². The molecular weight excluding hydrogens is 516 g/mol. The number of carbonyl (C=O) groups is 1. The number of amides is 1. The fraction of sp³-hybridized carbons (Fsp3) is 0.385. The van der Waals surface area contributed by atoms with Gasteiger partial charge in [-0.3, -0.25) is 23.4 Å². The Balaban J connectivity index is 1.62. The van der Waals surface area contributed by atoms with Crippen LogP contribution >= 0.6 is 11.3 Å². The molecule has 0 radical (unpaired) electrons. The van der Waals surface area contributed by atoms with Gasteiger partial charge in [-0.2, -0.15) is 5.10 Å². The molecule has 9 nitrogen and oxygen atoms in total. The van der Waals surface area contributed by atoms with E-state index < -0.39 is 30.7 Å². The molecule has 1 fully saturated rings. The van der Waals surface area contributed by atoms with Crippen LogP contribution in [0.5, 0.6) is 5.75 Å². The normalized spacial score (nSPS) is 14.5. The van der Waals surface area contributed by atoms with Crippen LogP contribution in [0.4, 0.5) is 8.78 Å². The zero-order chi connectivity index (χ0) is 26.8. The second-order valence-corrected chi connectivity index (χ2v) is 10.2. The molecule has 4 aromatic rings. The van der Waals surface area contributed by atoms with E-state index in [2.05, 4.69) is 5.10 Å². The summed E-state index contributed by atoms with van der Waals surface area (Å²) >= 11 is 1.56. The molecule has 38 heavy (non-hydrogen) atoms. The quantitative estimate of drug-likeness (QED) is 0.303. The minimum Gasteiger partial charge on any atom is -0.485 e. The number of ether oxygens (including phenoxy) is 1. The van der Waals surface area contributed by atoms with Crippen LogP contribution < -0.4 is 16.0 Å². The van der Waals surface area contributed by atoms with Crippen molar-refractivity contribution in [2.75, 3.05) is 26.4 Å². The number of carbonyl (C=O) groups excluding carboxylic acids is 1. The topological polar surface area (TPSA) is 91.4 Å². The molecule has 0 spiro atoms. The number of hydrogen-bond donors (Lipinski definition) is 0. The molecule has 0 bridgehead atoms. The van der Waals surface area contributed by atoms with Crippen molar-refractivity contribution in [1.29, 1.82) is 0 Å². The first-order valence-corrected chi connectivity index (χ1v) is 13.1. The summed E-state index contributed by atoms with van der Waals surface area (Å²) in [4.78, 5) is 41.3. The second-order valence-electron chi connectivity index (χ2n) is 9.27. The van der Waals surface area contributed by atoms with Gasteiger partial charge in [0.15, 0.2) is 6.10 Å². The number of benzene rings is 1. The fourth-order valence-electron chi connectivity index (χ4n) is 4.89. The number of rotatable bonds is 9. The van der Waals surface area contributed by atoms with Crippen LogP contribution in [0.2, 0.25) is 0 Å². The van der Waals surface area contributed by atoms with Gasteiger partial charge in [0, 0.05) is 26.2 Å². The smallest absolute Gasteiger partial charge is 0.332 e. The van der Waals surface area contributed by atoms with Crippen molar-refractivity contribution in [2.24, 2.45) is 7.05 Å². The summed E-state index contributed by atoms with van der Waals surface area (Å²) < 4.78 is 36.0. The number of thiophene rings is 1. The average Bonchev–Trinajstić information content (AvgIpc) is 3.60. The Morgan fingerprint density at radius 2 is 1.92 bits per heavy atom. The lowest BCUT2D eigenvalue weighted by atomic mass is 10.0. The largest absolute Gasteiger partial charge is 0.485 e. The van der Waals surface area contributed by atoms with E-state index in [0.717, 1.165) is 21.5 Å². The number of aromatic nitrogens is 4. The average molecular weight is 544 g/mol. The highest BCUT2D eigenvalue weighted by Gasteiger charge is 2.25. The number of hydrogen-bond acceptors (Lipinski definition) is 6. The molecular formula is C26H27F2N5O4S. The summed E-state index contributed by atoms with van der Waals surface area (Å²) in [6.45, 7) is -1.11. The van der Waals surface area contributed by atoms with Crippen molar-refractivity contribution in [3.8, 4) is 16.3 Å². The third-order valence-electron chi connectivity index (χ3n) is 6.82. The molecule has 1 aromatic carbocycles. The summed E-state index contributed by atoms with van der Waals surface area (Å²) in [5.41, 5.74) is 0.793. The van der Waals surface area contributed by atoms with Crippen molar-refractivity contribution >= 4 is 28.6 Å². The van der Waals surface area contributed by atoms with Gasteiger partial charge in [-0.1, -0.05) is 6.07 Å². The van der Waals surface area contributed by atoms with Gasteiger partial charge in [-0.15, -0.1) is 11.3 Å². The lowest BCUT2D eigenvalue weighted by molar-refractivity contribution is -0.119. The van der Waals surface area contributed by atoms with Crippen LogP contribution in [-0.2, 0) is 18.4 Å². The predicted octanol–water partition coefficient (Wildman–Crippen LogP) is 3.15. The third-order valence-corrected chi connectivity index (χ3v) is 7.72. The van der Waals surface area contributed by atoms with Crippen LogP contribution in [0.3, 0.4) is 0 Å². The van der Waals surface area contributed by atoms with E-state index >= 15 is 0 Å². The SMILES string of the molecule is Cn1nc(Cn2c(=O)c3cc(OC(CF)CF)ccc3n(C3CCN(C=O)CC3)c2=O)cc1-c1cccs1. The molecule has 3 aromatic heterocycles. The van der Waals surface area contributed by atoms with Crippen LogP contribution in [0, 0.1) is 0 Å². The maximum atomic E-state index is 13.8. The Hall–Kier alpha value is -3.80. The first-order chi connectivity index (χ1) is 18.4. The van der Waals surface area contributed by atoms with Gasteiger partial charge in [0.25, 0.3) is 5.56 Å². The first kappa shape index (κ1) is 25.8. The predicted molar refractivity (Wildman–Crippen MR) is 140 cm³/mol. The van der Waals surface area contributed by atoms with E-state index in [-0.39, 0.29) is 23.7 Å². The zero-order valence-corrected chi connectivity index (χ0v) is 21.6. The van der Waals surface area contributed by atoms with E-state index in [1.807, 2.05) is 23.6 Å². The van der Waals surface area contributed by atoms with Crippen LogP contribution in [0.1, 0.15) is 24.6 Å². The van der Waals surface area contributed by atoms with Gasteiger partial charge in [0.2, 0.25) is 6.41 Å². The lowest BCUT2D eigenvalue weighted by Gasteiger charge is -2.31. The Morgan fingerprint density at radius 1 is 1.16 bits per heavy atom. The van der Waals surface area contributed by atoms with Crippen LogP contribution in [0.25, 0.3) is 21.5 Å². The number of nitrogens with zero attached hydrogens (tertiary/aromatic N) is 5. The van der Waals surface area contributed by atoms with Crippen LogP contribution in [-0.4, -0.2) is 62.8 Å². The Kier molecular flexibility index (Phi) is 7.41. The van der Waals surface area contributed by atoms with Gasteiger partial charge in [-0.05, 0) is 48.6 Å². The number of piperidine rings is 1. The number of fused-ring (bicyclic) bond motifs is 1. The van der Waals surface area contributed by atoms with Gasteiger partial charge >= 0.3 is 5.69 Å². The summed E-state index contributed by atoms with van der Waals surface area (Å²) in [6, 6.07) is 10.0. The molecule has 0 saturated carbocycles. The minimum atomic E-state index is -1.28. The summed E-state index contributed by atoms with van der Waals surface area (Å²) in [5.74, 6) is 0.139. The number of halogens is 2. The summed E-state index contributed by atoms with van der Waals surface area (Å²) in [5, 5.41) is 6.69. The highest BCUT2D eigenvalue weighted by molar-refractivity contribution is 7.13. The monoisotopic (exact) mass is 543 g/mol. The number of alkyl halides is 2. The maximum absolute atomic E-state index is 13.8. The lowest BCUT2D eigenvalue weighted by Crippen LogP contribution is -2.44. The molecule has 0 unspecified atom stereocenters. The molecule has 1 amide bonds. The Morgan fingerprint density at radius 3 is 2.58 bits per heavy atom. The van der Waals surface area contributed by atoms with E-state index in [0.29, 0.717) is 37.1 Å². The number of aryl methyl sites for hydroxylation is 1. The number of likely N-dealkylation sites (tertiary alicyclic amines) is 1. The van der Waals surface area contributed by atoms with Gasteiger partial charge in [-0.25, -0.2) is 13.6 Å². The standard InChI is InChI=1S/C26H27F2N5O4S/c1-30-23(24-3-2-10-38-24)11-17(29-30)15-32-25(35)21-12-19(37-20(13-27)14-28)4-5-22(21)33(26(32)36)18-6-8-31(16-34)9-7-18/h2-5,10-12,16,18,20H,6-9,13-15H2,1H3. The fourth-order valence-corrected chi connectivity index (χ4v) is 5.67. The van der Waals surface area contributed by atoms with Crippen molar-refractivity contribution in [1.82, 2.24) is 23.8 Å². The highest BCUT2D eigenvalue weighted by Crippen LogP contribution is 2.27. The minimum absolute atomic E-state index is 0.0529. The van der Waals surface area contributed by atoms with E-state index in [9.17, 15) is 23.2 Å². The molecule has 1 aliphatic rings. The molecule has 0 atom stereocenters. The van der Waals surface area contributed by atoms with Gasteiger partial charge in [0.05, 0.1) is 33.7 Å². The molecule has 200 valence electrons. The maximum Gasteiger partial charge on any atom is 0.332 e. The van der Waals surface area contributed by atoms with Crippen molar-refractivity contribution in [3.05, 3.63) is 68.3 Å². The summed E-state index contributed by atoms with van der Waals surface area (Å²) in [7, 11) is 1.80. The Bertz CT molecular complexity index is 1550. The first-order valence-electron chi connectivity index (χ1n) is 12.3. The van der Waals surface area contributed by atoms with E-state index in [1.165, 1.54) is 12.1 Å². The summed E-state index contributed by atoms with van der Waals surface area (Å²) in [6.07, 6.45) is 0.599.